The van der Waals surface area contributed by atoms with Gasteiger partial charge >= 0.3 is 5.97 Å². The monoisotopic (exact) mass is 440 g/mol. The summed E-state index contributed by atoms with van der Waals surface area (Å²) < 4.78 is 0. The van der Waals surface area contributed by atoms with Crippen LogP contribution in [0, 0.1) is 0 Å². The smallest absolute Gasteiger partial charge is 0.328 e. The van der Waals surface area contributed by atoms with E-state index in [4.69, 9.17) is 15.9 Å². The molecule has 2 rings (SSSR count). The van der Waals surface area contributed by atoms with Gasteiger partial charge in [-0.1, -0.05) is 0 Å². The largest absolute Gasteiger partial charge is 0.480 e. The average Bonchev–Trinajstić information content (AvgIpc) is 3.40. The minimum Gasteiger partial charge on any atom is -0.480 e. The number of carboxylic acid groups (broad SMARTS) is 1. The van der Waals surface area contributed by atoms with E-state index in [2.05, 4.69) is 15.3 Å². The Bertz CT molecular complexity index is 784. The molecule has 0 bridgehead atoms. The molecule has 13 nitrogen and oxygen atoms in total. The Kier molecular flexibility index (Phi) is 8.47. The van der Waals surface area contributed by atoms with Gasteiger partial charge < -0.3 is 41.6 Å². The number of rotatable bonds is 10. The van der Waals surface area contributed by atoms with Crippen LogP contribution in [0.5, 0.6) is 0 Å². The van der Waals surface area contributed by atoms with Crippen molar-refractivity contribution in [2.24, 2.45) is 5.73 Å². The standard InChI is InChI=1S/C18H28N6O7/c1-9(26)14(16(28)22-12(7-25)18(30)31)23-15(27)13-3-2-4-24(13)17(29)11(19)5-10-6-20-8-21-10/h6,8-9,11-14,25-26H,2-5,7,19H2,1H3,(H,20,21)(H,22,28)(H,23,27)(H,30,31). The zero-order valence-electron chi connectivity index (χ0n) is 17.0. The van der Waals surface area contributed by atoms with Gasteiger partial charge in [0.1, 0.15) is 18.1 Å². The first-order valence-corrected chi connectivity index (χ1v) is 9.81. The third kappa shape index (κ3) is 6.23. The molecule has 0 saturated carbocycles. The number of nitrogens with two attached hydrogens (primary N) is 1. The van der Waals surface area contributed by atoms with Crippen molar-refractivity contribution in [1.29, 1.82) is 0 Å². The number of amides is 3. The maximum atomic E-state index is 12.8. The number of carboxylic acids is 1. The molecule has 31 heavy (non-hydrogen) atoms. The van der Waals surface area contributed by atoms with Gasteiger partial charge in [0.05, 0.1) is 25.1 Å². The summed E-state index contributed by atoms with van der Waals surface area (Å²) in [7, 11) is 0. The molecule has 0 radical (unpaired) electrons. The van der Waals surface area contributed by atoms with E-state index in [-0.39, 0.29) is 6.42 Å². The van der Waals surface area contributed by atoms with Gasteiger partial charge in [-0.15, -0.1) is 0 Å². The first kappa shape index (κ1) is 24.2. The molecule has 172 valence electrons. The van der Waals surface area contributed by atoms with Crippen LogP contribution in [0.1, 0.15) is 25.5 Å². The van der Waals surface area contributed by atoms with Crippen LogP contribution in [0.4, 0.5) is 0 Å². The van der Waals surface area contributed by atoms with Gasteiger partial charge in [0.25, 0.3) is 0 Å². The van der Waals surface area contributed by atoms with Crippen molar-refractivity contribution < 1.29 is 34.5 Å². The van der Waals surface area contributed by atoms with E-state index >= 15 is 0 Å². The van der Waals surface area contributed by atoms with Crippen LogP contribution in [-0.4, -0.2) is 97.3 Å². The highest BCUT2D eigenvalue weighted by atomic mass is 16.4. The summed E-state index contributed by atoms with van der Waals surface area (Å²) >= 11 is 0. The highest BCUT2D eigenvalue weighted by molar-refractivity contribution is 5.94. The first-order chi connectivity index (χ1) is 14.6. The van der Waals surface area contributed by atoms with Gasteiger partial charge in [0, 0.05) is 24.9 Å². The highest BCUT2D eigenvalue weighted by Gasteiger charge is 2.38. The molecule has 5 unspecified atom stereocenters. The number of hydrogen-bond donors (Lipinski definition) is 7. The molecular formula is C18H28N6O7. The Balaban J connectivity index is 2.04. The van der Waals surface area contributed by atoms with Crippen LogP contribution in [0.15, 0.2) is 12.5 Å². The van der Waals surface area contributed by atoms with Gasteiger partial charge in [-0.3, -0.25) is 14.4 Å². The second kappa shape index (κ2) is 10.8. The zero-order valence-corrected chi connectivity index (χ0v) is 17.0. The lowest BCUT2D eigenvalue weighted by atomic mass is 10.1. The van der Waals surface area contributed by atoms with Crippen molar-refractivity contribution in [3.05, 3.63) is 18.2 Å². The van der Waals surface area contributed by atoms with E-state index in [0.717, 1.165) is 0 Å². The molecule has 13 heteroatoms. The predicted molar refractivity (Wildman–Crippen MR) is 105 cm³/mol. The maximum absolute atomic E-state index is 12.8. The fourth-order valence-electron chi connectivity index (χ4n) is 3.34. The Morgan fingerprint density at radius 3 is 2.61 bits per heavy atom. The van der Waals surface area contributed by atoms with Crippen LogP contribution in [0.3, 0.4) is 0 Å². The fraction of sp³-hybridized carbons (Fsp3) is 0.611. The van der Waals surface area contributed by atoms with Crippen molar-refractivity contribution >= 4 is 23.7 Å². The minimum atomic E-state index is -1.59. The van der Waals surface area contributed by atoms with E-state index in [0.29, 0.717) is 25.1 Å². The number of hydrogen-bond acceptors (Lipinski definition) is 8. The number of nitrogens with zero attached hydrogens (tertiary/aromatic N) is 2. The van der Waals surface area contributed by atoms with Gasteiger partial charge in [0.15, 0.2) is 0 Å². The third-order valence-electron chi connectivity index (χ3n) is 5.01. The lowest BCUT2D eigenvalue weighted by Gasteiger charge is -2.29. The molecule has 0 aromatic carbocycles. The van der Waals surface area contributed by atoms with Crippen molar-refractivity contribution in [2.75, 3.05) is 13.2 Å². The lowest BCUT2D eigenvalue weighted by Crippen LogP contribution is -2.59. The molecule has 8 N–H and O–H groups in total. The molecule has 1 aromatic heterocycles. The molecule has 1 aromatic rings. The second-order valence-electron chi connectivity index (χ2n) is 7.39. The van der Waals surface area contributed by atoms with Gasteiger partial charge in [-0.05, 0) is 19.8 Å². The van der Waals surface area contributed by atoms with Crippen molar-refractivity contribution in [1.82, 2.24) is 25.5 Å². The number of carbonyl (C=O) groups is 4. The van der Waals surface area contributed by atoms with Crippen molar-refractivity contribution in [3.8, 4) is 0 Å². The molecule has 1 saturated heterocycles. The minimum absolute atomic E-state index is 0.208. The number of nitrogens with one attached hydrogen (secondary N) is 3. The van der Waals surface area contributed by atoms with E-state index in [1.165, 1.54) is 18.2 Å². The average molecular weight is 440 g/mol. The summed E-state index contributed by atoms with van der Waals surface area (Å²) in [5.74, 6) is -3.55. The maximum Gasteiger partial charge on any atom is 0.328 e. The Labute approximate surface area is 178 Å². The van der Waals surface area contributed by atoms with Gasteiger partial charge in [-0.25, -0.2) is 9.78 Å². The number of H-pyrrole nitrogens is 1. The van der Waals surface area contributed by atoms with Crippen molar-refractivity contribution in [3.63, 3.8) is 0 Å². The summed E-state index contributed by atoms with van der Waals surface area (Å²) in [6, 6.07) is -4.85. The molecule has 0 aliphatic carbocycles. The Morgan fingerprint density at radius 1 is 1.35 bits per heavy atom. The van der Waals surface area contributed by atoms with Gasteiger partial charge in [0.2, 0.25) is 17.7 Å². The van der Waals surface area contributed by atoms with E-state index in [9.17, 15) is 24.3 Å². The summed E-state index contributed by atoms with van der Waals surface area (Å²) in [5.41, 5.74) is 6.66. The quantitative estimate of drug-likeness (QED) is 0.194. The fourth-order valence-corrected chi connectivity index (χ4v) is 3.34. The predicted octanol–water partition coefficient (Wildman–Crippen LogP) is -3.30. The molecule has 5 atom stereocenters. The number of aliphatic hydroxyl groups excluding tert-OH is 2. The van der Waals surface area contributed by atoms with Crippen molar-refractivity contribution in [2.45, 2.75) is 56.5 Å². The molecule has 3 amide bonds. The van der Waals surface area contributed by atoms with Crippen LogP contribution in [0.25, 0.3) is 0 Å². The van der Waals surface area contributed by atoms with E-state index in [1.54, 1.807) is 6.20 Å². The second-order valence-corrected chi connectivity index (χ2v) is 7.39. The number of aliphatic hydroxyl groups is 2. The topological polar surface area (TPSA) is 211 Å². The number of aromatic amines is 1. The summed E-state index contributed by atoms with van der Waals surface area (Å²) in [6.07, 6.45) is 2.76. The number of aromatic nitrogens is 2. The number of aliphatic carboxylic acids is 1. The zero-order chi connectivity index (χ0) is 23.1. The molecule has 1 aliphatic heterocycles. The van der Waals surface area contributed by atoms with E-state index < -0.39 is 60.6 Å². The number of likely N-dealkylation sites (tertiary alicyclic amines) is 1. The third-order valence-corrected chi connectivity index (χ3v) is 5.01. The van der Waals surface area contributed by atoms with Crippen LogP contribution in [0.2, 0.25) is 0 Å². The summed E-state index contributed by atoms with van der Waals surface area (Å²) in [4.78, 5) is 56.9. The SMILES string of the molecule is CC(O)C(NC(=O)C1CCCN1C(=O)C(N)Cc1cnc[nH]1)C(=O)NC(CO)C(=O)O. The van der Waals surface area contributed by atoms with Gasteiger partial charge in [-0.2, -0.15) is 0 Å². The summed E-state index contributed by atoms with van der Waals surface area (Å²) in [5, 5.41) is 32.3. The Hall–Kier alpha value is -3.03. The number of carbonyl (C=O) groups excluding carboxylic acids is 3. The summed E-state index contributed by atoms with van der Waals surface area (Å²) in [6.45, 7) is 0.697. The molecule has 1 fully saturated rings. The van der Waals surface area contributed by atoms with Crippen LogP contribution < -0.4 is 16.4 Å². The molecule has 2 heterocycles. The highest BCUT2D eigenvalue weighted by Crippen LogP contribution is 2.19. The molecular weight excluding hydrogens is 412 g/mol. The first-order valence-electron chi connectivity index (χ1n) is 9.81. The van der Waals surface area contributed by atoms with Crippen LogP contribution in [-0.2, 0) is 25.6 Å². The molecule has 0 spiro atoms. The molecule has 1 aliphatic rings. The normalized spacial score (nSPS) is 19.9. The number of imidazole rings is 1. The van der Waals surface area contributed by atoms with E-state index in [1.807, 2.05) is 5.32 Å². The lowest BCUT2D eigenvalue weighted by molar-refractivity contribution is -0.144. The Morgan fingerprint density at radius 2 is 2.06 bits per heavy atom. The van der Waals surface area contributed by atoms with Crippen LogP contribution >= 0.6 is 0 Å².